The van der Waals surface area contributed by atoms with Gasteiger partial charge in [-0.2, -0.15) is 0 Å². The lowest BCUT2D eigenvalue weighted by Crippen LogP contribution is -2.37. The third-order valence-electron chi connectivity index (χ3n) is 3.06. The van der Waals surface area contributed by atoms with Crippen LogP contribution in [0.15, 0.2) is 24.3 Å². The van der Waals surface area contributed by atoms with E-state index in [0.29, 0.717) is 0 Å². The summed E-state index contributed by atoms with van der Waals surface area (Å²) < 4.78 is 0. The second-order valence-electron chi connectivity index (χ2n) is 5.10. The van der Waals surface area contributed by atoms with Gasteiger partial charge in [-0.15, -0.1) is 0 Å². The molecule has 0 aliphatic carbocycles. The van der Waals surface area contributed by atoms with Crippen LogP contribution in [0.3, 0.4) is 0 Å². The first-order valence-electron chi connectivity index (χ1n) is 7.25. The quantitative estimate of drug-likeness (QED) is 0.811. The smallest absolute Gasteiger partial charge is 0.254 e. The van der Waals surface area contributed by atoms with E-state index in [1.165, 1.54) is 0 Å². The van der Waals surface area contributed by atoms with Crippen molar-refractivity contribution < 1.29 is 4.79 Å². The number of hydrogen-bond acceptors (Lipinski definition) is 2. The zero-order valence-corrected chi connectivity index (χ0v) is 12.6. The zero-order valence-electron chi connectivity index (χ0n) is 12.6. The molecular weight excluding hydrogens is 236 g/mol. The highest BCUT2D eigenvalue weighted by Gasteiger charge is 2.17. The number of carbonyl (C=O) groups is 1. The van der Waals surface area contributed by atoms with Crippen LogP contribution in [0.5, 0.6) is 0 Å². The van der Waals surface area contributed by atoms with Gasteiger partial charge >= 0.3 is 0 Å². The maximum Gasteiger partial charge on any atom is 0.254 e. The van der Waals surface area contributed by atoms with Crippen molar-refractivity contribution in [3.8, 4) is 0 Å². The van der Waals surface area contributed by atoms with Crippen molar-refractivity contribution in [3.63, 3.8) is 0 Å². The van der Waals surface area contributed by atoms with Gasteiger partial charge in [-0.1, -0.05) is 13.8 Å². The van der Waals surface area contributed by atoms with Crippen molar-refractivity contribution in [1.82, 2.24) is 4.90 Å². The first-order chi connectivity index (χ1) is 9.10. The highest BCUT2D eigenvalue weighted by Crippen LogP contribution is 2.13. The average Bonchev–Trinajstić information content (AvgIpc) is 2.42. The molecule has 1 aromatic rings. The van der Waals surface area contributed by atoms with Crippen LogP contribution in [0.25, 0.3) is 0 Å². The molecule has 0 fully saturated rings. The van der Waals surface area contributed by atoms with Crippen LogP contribution >= 0.6 is 0 Å². The lowest BCUT2D eigenvalue weighted by Gasteiger charge is -2.26. The minimum absolute atomic E-state index is 0.124. The van der Waals surface area contributed by atoms with Gasteiger partial charge in [0.25, 0.3) is 5.91 Å². The minimum Gasteiger partial charge on any atom is -0.385 e. The van der Waals surface area contributed by atoms with Crippen LogP contribution in [0.4, 0.5) is 5.69 Å². The number of amides is 1. The third kappa shape index (κ3) is 4.58. The Morgan fingerprint density at radius 3 is 2.26 bits per heavy atom. The van der Waals surface area contributed by atoms with Gasteiger partial charge in [0, 0.05) is 30.4 Å². The van der Waals surface area contributed by atoms with E-state index in [-0.39, 0.29) is 11.9 Å². The van der Waals surface area contributed by atoms with E-state index >= 15 is 0 Å². The molecular formula is C16H26N2O. The van der Waals surface area contributed by atoms with Gasteiger partial charge in [-0.25, -0.2) is 0 Å². The lowest BCUT2D eigenvalue weighted by molar-refractivity contribution is 0.0706. The van der Waals surface area contributed by atoms with Gasteiger partial charge in [0.2, 0.25) is 0 Å². The average molecular weight is 262 g/mol. The van der Waals surface area contributed by atoms with E-state index in [0.717, 1.165) is 37.2 Å². The fourth-order valence-corrected chi connectivity index (χ4v) is 2.00. The first-order valence-corrected chi connectivity index (χ1v) is 7.25. The summed E-state index contributed by atoms with van der Waals surface area (Å²) >= 11 is 0. The van der Waals surface area contributed by atoms with Crippen molar-refractivity contribution in [2.45, 2.75) is 46.6 Å². The second kappa shape index (κ2) is 7.82. The van der Waals surface area contributed by atoms with E-state index in [4.69, 9.17) is 0 Å². The van der Waals surface area contributed by atoms with Gasteiger partial charge in [-0.05, 0) is 51.0 Å². The molecule has 1 rings (SSSR count). The van der Waals surface area contributed by atoms with E-state index in [1.807, 2.05) is 29.2 Å². The molecule has 0 atom stereocenters. The fourth-order valence-electron chi connectivity index (χ4n) is 2.00. The zero-order chi connectivity index (χ0) is 14.3. The Morgan fingerprint density at radius 1 is 1.16 bits per heavy atom. The van der Waals surface area contributed by atoms with Crippen LogP contribution in [-0.2, 0) is 0 Å². The molecule has 0 spiro atoms. The summed E-state index contributed by atoms with van der Waals surface area (Å²) in [6, 6.07) is 8.02. The molecule has 0 saturated heterocycles. The molecule has 0 heterocycles. The number of benzene rings is 1. The summed E-state index contributed by atoms with van der Waals surface area (Å²) in [4.78, 5) is 14.3. The van der Waals surface area contributed by atoms with Crippen molar-refractivity contribution in [3.05, 3.63) is 29.8 Å². The minimum atomic E-state index is 0.124. The molecule has 1 N–H and O–H groups in total. The molecule has 3 nitrogen and oxygen atoms in total. The van der Waals surface area contributed by atoms with Gasteiger partial charge in [0.15, 0.2) is 0 Å². The summed E-state index contributed by atoms with van der Waals surface area (Å²) in [5, 5.41) is 3.31. The Labute approximate surface area is 117 Å². The predicted molar refractivity (Wildman–Crippen MR) is 81.7 cm³/mol. The predicted octanol–water partition coefficient (Wildman–Crippen LogP) is 3.77. The highest BCUT2D eigenvalue weighted by atomic mass is 16.2. The molecule has 0 radical (unpaired) electrons. The molecule has 19 heavy (non-hydrogen) atoms. The number of nitrogens with one attached hydrogen (secondary N) is 1. The van der Waals surface area contributed by atoms with Crippen LogP contribution in [-0.4, -0.2) is 29.9 Å². The van der Waals surface area contributed by atoms with Crippen LogP contribution in [0.1, 0.15) is 50.9 Å². The third-order valence-corrected chi connectivity index (χ3v) is 3.06. The largest absolute Gasteiger partial charge is 0.385 e. The summed E-state index contributed by atoms with van der Waals surface area (Å²) in [6.07, 6.45) is 2.08. The molecule has 3 heteroatoms. The van der Waals surface area contributed by atoms with Crippen LogP contribution in [0, 0.1) is 0 Å². The Hall–Kier alpha value is -1.51. The molecule has 0 aliphatic rings. The Kier molecular flexibility index (Phi) is 6.40. The Bertz CT molecular complexity index is 384. The van der Waals surface area contributed by atoms with E-state index in [9.17, 15) is 4.79 Å². The SMILES string of the molecule is CCCNc1ccc(C(=O)N(CCC)C(C)C)cc1. The molecule has 0 saturated carbocycles. The Balaban J connectivity index is 2.75. The highest BCUT2D eigenvalue weighted by molar-refractivity contribution is 5.94. The topological polar surface area (TPSA) is 32.3 Å². The maximum atomic E-state index is 12.4. The van der Waals surface area contributed by atoms with Gasteiger partial charge in [0.1, 0.15) is 0 Å². The van der Waals surface area contributed by atoms with Crippen molar-refractivity contribution in [1.29, 1.82) is 0 Å². The summed E-state index contributed by atoms with van der Waals surface area (Å²) in [7, 11) is 0. The van der Waals surface area contributed by atoms with Crippen LogP contribution < -0.4 is 5.32 Å². The first kappa shape index (κ1) is 15.5. The standard InChI is InChI=1S/C16H26N2O/c1-5-11-17-15-9-7-14(8-10-15)16(19)18(12-6-2)13(3)4/h7-10,13,17H,5-6,11-12H2,1-4H3. The van der Waals surface area contributed by atoms with E-state index < -0.39 is 0 Å². The molecule has 1 aromatic carbocycles. The monoisotopic (exact) mass is 262 g/mol. The summed E-state index contributed by atoms with van der Waals surface area (Å²) in [5.41, 5.74) is 1.84. The number of anilines is 1. The molecule has 0 aromatic heterocycles. The fraction of sp³-hybridized carbons (Fsp3) is 0.562. The van der Waals surface area contributed by atoms with Gasteiger partial charge in [0.05, 0.1) is 0 Å². The molecule has 0 unspecified atom stereocenters. The number of nitrogens with zero attached hydrogens (tertiary/aromatic N) is 1. The maximum absolute atomic E-state index is 12.4. The van der Waals surface area contributed by atoms with Gasteiger partial charge < -0.3 is 10.2 Å². The molecule has 106 valence electrons. The number of carbonyl (C=O) groups excluding carboxylic acids is 1. The number of rotatable bonds is 7. The van der Waals surface area contributed by atoms with E-state index in [2.05, 4.69) is 33.0 Å². The second-order valence-corrected chi connectivity index (χ2v) is 5.10. The summed E-state index contributed by atoms with van der Waals surface area (Å²) in [5.74, 6) is 0.124. The van der Waals surface area contributed by atoms with Crippen molar-refractivity contribution in [2.24, 2.45) is 0 Å². The molecule has 1 amide bonds. The molecule has 0 bridgehead atoms. The van der Waals surface area contributed by atoms with Crippen molar-refractivity contribution >= 4 is 11.6 Å². The Morgan fingerprint density at radius 2 is 1.79 bits per heavy atom. The summed E-state index contributed by atoms with van der Waals surface area (Å²) in [6.45, 7) is 10.1. The van der Waals surface area contributed by atoms with Crippen LogP contribution in [0.2, 0.25) is 0 Å². The van der Waals surface area contributed by atoms with Crippen molar-refractivity contribution in [2.75, 3.05) is 18.4 Å². The number of hydrogen-bond donors (Lipinski definition) is 1. The van der Waals surface area contributed by atoms with Gasteiger partial charge in [-0.3, -0.25) is 4.79 Å². The van der Waals surface area contributed by atoms with E-state index in [1.54, 1.807) is 0 Å². The normalized spacial score (nSPS) is 10.6. The molecule has 0 aliphatic heterocycles. The lowest BCUT2D eigenvalue weighted by atomic mass is 10.1.